The van der Waals surface area contributed by atoms with Gasteiger partial charge in [0.05, 0.1) is 33.0 Å². The number of para-hydroxylation sites is 1. The first-order valence-corrected chi connectivity index (χ1v) is 15.8. The largest absolute Gasteiger partial charge is 0.496 e. The van der Waals surface area contributed by atoms with Gasteiger partial charge in [0.25, 0.3) is 0 Å². The third-order valence-corrected chi connectivity index (χ3v) is 8.12. The second kappa shape index (κ2) is 16.2. The quantitative estimate of drug-likeness (QED) is 0.247. The number of nitrogens with one attached hydrogen (secondary N) is 2. The number of amides is 1. The molecule has 236 valence electrons. The van der Waals surface area contributed by atoms with Crippen LogP contribution in [-0.2, 0) is 22.6 Å². The van der Waals surface area contributed by atoms with Gasteiger partial charge < -0.3 is 39.4 Å². The molecule has 0 spiro atoms. The van der Waals surface area contributed by atoms with Gasteiger partial charge in [-0.15, -0.1) is 0 Å². The predicted molar refractivity (Wildman–Crippen MR) is 174 cm³/mol. The van der Waals surface area contributed by atoms with Gasteiger partial charge in [-0.25, -0.2) is 0 Å². The SMILES string of the molecule is COc1ccccc1COCCCOc1cccc(N2CCNCC2COc2ccc3c(c2)N(CCNC(C)=O)CCC3)c1. The van der Waals surface area contributed by atoms with Crippen LogP contribution < -0.4 is 34.6 Å². The van der Waals surface area contributed by atoms with E-state index in [0.717, 1.165) is 80.5 Å². The van der Waals surface area contributed by atoms with Crippen LogP contribution in [0.15, 0.2) is 66.7 Å². The van der Waals surface area contributed by atoms with E-state index in [2.05, 4.69) is 56.8 Å². The number of anilines is 2. The van der Waals surface area contributed by atoms with E-state index in [0.29, 0.717) is 33.0 Å². The van der Waals surface area contributed by atoms with Crippen molar-refractivity contribution < 1.29 is 23.7 Å². The van der Waals surface area contributed by atoms with Crippen molar-refractivity contribution in [3.8, 4) is 17.2 Å². The van der Waals surface area contributed by atoms with Crippen molar-refractivity contribution in [3.05, 3.63) is 77.9 Å². The number of rotatable bonds is 15. The lowest BCUT2D eigenvalue weighted by atomic mass is 10.0. The minimum Gasteiger partial charge on any atom is -0.496 e. The number of ether oxygens (including phenoxy) is 4. The number of fused-ring (bicyclic) bond motifs is 1. The van der Waals surface area contributed by atoms with Crippen LogP contribution >= 0.6 is 0 Å². The molecule has 0 aliphatic carbocycles. The fourth-order valence-electron chi connectivity index (χ4n) is 5.87. The van der Waals surface area contributed by atoms with E-state index in [9.17, 15) is 4.79 Å². The molecule has 5 rings (SSSR count). The summed E-state index contributed by atoms with van der Waals surface area (Å²) in [5.74, 6) is 2.60. The van der Waals surface area contributed by atoms with E-state index >= 15 is 0 Å². The van der Waals surface area contributed by atoms with Crippen LogP contribution in [-0.4, -0.2) is 78.1 Å². The van der Waals surface area contributed by atoms with Crippen LogP contribution in [0.4, 0.5) is 11.4 Å². The lowest BCUT2D eigenvalue weighted by Gasteiger charge is -2.38. The monoisotopic (exact) mass is 602 g/mol. The van der Waals surface area contributed by atoms with Crippen molar-refractivity contribution in [1.82, 2.24) is 10.6 Å². The molecule has 2 heterocycles. The molecular weight excluding hydrogens is 556 g/mol. The summed E-state index contributed by atoms with van der Waals surface area (Å²) in [7, 11) is 1.68. The highest BCUT2D eigenvalue weighted by Gasteiger charge is 2.24. The molecule has 3 aromatic rings. The summed E-state index contributed by atoms with van der Waals surface area (Å²) in [4.78, 5) is 16.1. The number of carbonyl (C=O) groups excluding carboxylic acids is 1. The second-order valence-corrected chi connectivity index (χ2v) is 11.3. The van der Waals surface area contributed by atoms with E-state index in [1.54, 1.807) is 14.0 Å². The summed E-state index contributed by atoms with van der Waals surface area (Å²) >= 11 is 0. The molecule has 0 saturated carbocycles. The summed E-state index contributed by atoms with van der Waals surface area (Å²) in [5.41, 5.74) is 4.74. The van der Waals surface area contributed by atoms with Crippen LogP contribution in [0.1, 0.15) is 30.9 Å². The zero-order valence-corrected chi connectivity index (χ0v) is 26.1. The highest BCUT2D eigenvalue weighted by molar-refractivity contribution is 5.72. The topological polar surface area (TPSA) is 84.5 Å². The van der Waals surface area contributed by atoms with Gasteiger partial charge in [0, 0.05) is 81.7 Å². The first-order chi connectivity index (χ1) is 21.6. The Morgan fingerprint density at radius 3 is 2.77 bits per heavy atom. The Hall–Kier alpha value is -3.95. The Morgan fingerprint density at radius 1 is 1.00 bits per heavy atom. The number of hydrogen-bond donors (Lipinski definition) is 2. The van der Waals surface area contributed by atoms with Crippen LogP contribution in [0.25, 0.3) is 0 Å². The highest BCUT2D eigenvalue weighted by Crippen LogP contribution is 2.31. The maximum Gasteiger partial charge on any atom is 0.216 e. The van der Waals surface area contributed by atoms with Gasteiger partial charge in [-0.2, -0.15) is 0 Å². The molecule has 0 bridgehead atoms. The van der Waals surface area contributed by atoms with Crippen LogP contribution in [0.5, 0.6) is 17.2 Å². The van der Waals surface area contributed by atoms with E-state index in [1.807, 2.05) is 30.3 Å². The number of piperazine rings is 1. The zero-order valence-electron chi connectivity index (χ0n) is 26.1. The molecule has 9 heteroatoms. The zero-order chi connectivity index (χ0) is 30.6. The Bertz CT molecular complexity index is 1350. The van der Waals surface area contributed by atoms with Gasteiger partial charge in [-0.1, -0.05) is 30.3 Å². The average Bonchev–Trinajstić information content (AvgIpc) is 3.05. The molecule has 1 fully saturated rings. The molecule has 1 saturated heterocycles. The molecule has 1 unspecified atom stereocenters. The van der Waals surface area contributed by atoms with Gasteiger partial charge in [-0.3, -0.25) is 4.79 Å². The Balaban J connectivity index is 1.12. The summed E-state index contributed by atoms with van der Waals surface area (Å²) in [6, 6.07) is 22.9. The number of hydrogen-bond acceptors (Lipinski definition) is 8. The predicted octanol–water partition coefficient (Wildman–Crippen LogP) is 4.43. The van der Waals surface area contributed by atoms with Crippen LogP contribution in [0.2, 0.25) is 0 Å². The summed E-state index contributed by atoms with van der Waals surface area (Å²) in [6.45, 7) is 8.96. The van der Waals surface area contributed by atoms with Gasteiger partial charge in [0.15, 0.2) is 0 Å². The van der Waals surface area contributed by atoms with Crippen LogP contribution in [0.3, 0.4) is 0 Å². The Labute approximate surface area is 261 Å². The standard InChI is InChI=1S/C35H46N4O5/c1-27(40)37-16-18-38-17-6-9-28-13-14-33(23-34(28)38)44-26-31-24-36-15-19-39(31)30-10-5-11-32(22-30)43-21-7-20-42-25-29-8-3-4-12-35(29)41-2/h3-5,8,10-14,22-23,31,36H,6-7,9,15-21,24-26H2,1-2H3,(H,37,40). The smallest absolute Gasteiger partial charge is 0.216 e. The maximum atomic E-state index is 11.3. The highest BCUT2D eigenvalue weighted by atomic mass is 16.5. The van der Waals surface area contributed by atoms with Crippen molar-refractivity contribution >= 4 is 17.3 Å². The first-order valence-electron chi connectivity index (χ1n) is 15.8. The summed E-state index contributed by atoms with van der Waals surface area (Å²) in [5, 5.41) is 6.45. The van der Waals surface area contributed by atoms with Gasteiger partial charge in [0.1, 0.15) is 23.9 Å². The number of carbonyl (C=O) groups is 1. The minimum atomic E-state index is 0.00728. The fraction of sp³-hybridized carbons (Fsp3) is 0.457. The Morgan fingerprint density at radius 2 is 1.89 bits per heavy atom. The second-order valence-electron chi connectivity index (χ2n) is 11.3. The molecule has 2 aliphatic rings. The molecule has 0 aromatic heterocycles. The minimum absolute atomic E-state index is 0.00728. The molecule has 1 atom stereocenters. The third kappa shape index (κ3) is 8.80. The van der Waals surface area contributed by atoms with Gasteiger partial charge >= 0.3 is 0 Å². The van der Waals surface area contributed by atoms with Gasteiger partial charge in [0.2, 0.25) is 5.91 Å². The summed E-state index contributed by atoms with van der Waals surface area (Å²) in [6.07, 6.45) is 2.99. The number of methoxy groups -OCH3 is 1. The lowest BCUT2D eigenvalue weighted by molar-refractivity contribution is -0.118. The molecule has 44 heavy (non-hydrogen) atoms. The fourth-order valence-corrected chi connectivity index (χ4v) is 5.87. The van der Waals surface area contributed by atoms with Crippen molar-refractivity contribution in [1.29, 1.82) is 0 Å². The summed E-state index contributed by atoms with van der Waals surface area (Å²) < 4.78 is 23.7. The van der Waals surface area contributed by atoms with E-state index in [-0.39, 0.29) is 11.9 Å². The maximum absolute atomic E-state index is 11.3. The molecule has 2 N–H and O–H groups in total. The van der Waals surface area contributed by atoms with E-state index < -0.39 is 0 Å². The van der Waals surface area contributed by atoms with Crippen molar-refractivity contribution in [3.63, 3.8) is 0 Å². The van der Waals surface area contributed by atoms with E-state index in [1.165, 1.54) is 11.3 Å². The average molecular weight is 603 g/mol. The van der Waals surface area contributed by atoms with Gasteiger partial charge in [-0.05, 0) is 42.7 Å². The molecule has 9 nitrogen and oxygen atoms in total. The van der Waals surface area contributed by atoms with E-state index in [4.69, 9.17) is 18.9 Å². The molecule has 0 radical (unpaired) electrons. The first kappa shape index (κ1) is 31.5. The van der Waals surface area contributed by atoms with Crippen molar-refractivity contribution in [2.24, 2.45) is 0 Å². The number of benzene rings is 3. The number of nitrogens with zero attached hydrogens (tertiary/aromatic N) is 2. The Kier molecular flexibility index (Phi) is 11.6. The normalized spacial score (nSPS) is 16.3. The van der Waals surface area contributed by atoms with Crippen LogP contribution in [0, 0.1) is 0 Å². The van der Waals surface area contributed by atoms with Crippen molar-refractivity contribution in [2.45, 2.75) is 38.8 Å². The van der Waals surface area contributed by atoms with Crippen molar-refractivity contribution in [2.75, 3.05) is 76.0 Å². The molecule has 3 aromatic carbocycles. The molecule has 2 aliphatic heterocycles. The third-order valence-electron chi connectivity index (χ3n) is 8.12. The number of aryl methyl sites for hydroxylation is 1. The molecule has 1 amide bonds. The lowest BCUT2D eigenvalue weighted by Crippen LogP contribution is -2.54. The molecular formula is C35H46N4O5.